The van der Waals surface area contributed by atoms with Crippen molar-refractivity contribution in [2.45, 2.75) is 26.2 Å². The van der Waals surface area contributed by atoms with E-state index in [4.69, 9.17) is 0 Å². The summed E-state index contributed by atoms with van der Waals surface area (Å²) >= 11 is 0. The van der Waals surface area contributed by atoms with Crippen molar-refractivity contribution in [1.29, 1.82) is 0 Å². The minimum atomic E-state index is 0.530. The Balaban J connectivity index is 1.78. The van der Waals surface area contributed by atoms with Gasteiger partial charge in [-0.05, 0) is 31.9 Å². The zero-order valence-corrected chi connectivity index (χ0v) is 10.7. The Labute approximate surface area is 106 Å². The third kappa shape index (κ3) is 1.96. The molecule has 0 spiro atoms. The SMILES string of the molecule is Cc1nccc(N2CC[C@H](c3[nH]ncc3C)C2)n1. The highest BCUT2D eigenvalue weighted by Crippen LogP contribution is 2.30. The van der Waals surface area contributed by atoms with Crippen LogP contribution in [-0.4, -0.2) is 33.3 Å². The van der Waals surface area contributed by atoms with Gasteiger partial charge in [-0.3, -0.25) is 5.10 Å². The van der Waals surface area contributed by atoms with Crippen LogP contribution in [0.4, 0.5) is 5.82 Å². The Morgan fingerprint density at radius 1 is 1.39 bits per heavy atom. The molecule has 2 aromatic heterocycles. The van der Waals surface area contributed by atoms with Crippen LogP contribution in [0.5, 0.6) is 0 Å². The highest BCUT2D eigenvalue weighted by Gasteiger charge is 2.26. The summed E-state index contributed by atoms with van der Waals surface area (Å²) in [6.07, 6.45) is 4.87. The molecule has 94 valence electrons. The molecule has 1 saturated heterocycles. The quantitative estimate of drug-likeness (QED) is 0.874. The Morgan fingerprint density at radius 3 is 3.00 bits per heavy atom. The fraction of sp³-hybridized carbons (Fsp3) is 0.462. The molecule has 0 amide bonds. The van der Waals surface area contributed by atoms with Crippen molar-refractivity contribution in [1.82, 2.24) is 20.2 Å². The minimum absolute atomic E-state index is 0.530. The third-order valence-electron chi connectivity index (χ3n) is 3.55. The maximum Gasteiger partial charge on any atom is 0.132 e. The molecule has 0 aliphatic carbocycles. The Hall–Kier alpha value is -1.91. The van der Waals surface area contributed by atoms with Crippen molar-refractivity contribution < 1.29 is 0 Å². The summed E-state index contributed by atoms with van der Waals surface area (Å²) in [5.41, 5.74) is 2.52. The summed E-state index contributed by atoms with van der Waals surface area (Å²) in [4.78, 5) is 10.9. The molecule has 1 aliphatic rings. The lowest BCUT2D eigenvalue weighted by atomic mass is 10.0. The van der Waals surface area contributed by atoms with Gasteiger partial charge in [0.25, 0.3) is 0 Å². The first-order valence-corrected chi connectivity index (χ1v) is 6.28. The fourth-order valence-electron chi connectivity index (χ4n) is 2.59. The molecule has 0 saturated carbocycles. The van der Waals surface area contributed by atoms with E-state index in [-0.39, 0.29) is 0 Å². The van der Waals surface area contributed by atoms with Gasteiger partial charge in [0.2, 0.25) is 0 Å². The number of aryl methyl sites for hydroxylation is 2. The molecule has 0 aromatic carbocycles. The molecule has 1 aliphatic heterocycles. The minimum Gasteiger partial charge on any atom is -0.356 e. The first-order chi connectivity index (χ1) is 8.74. The zero-order chi connectivity index (χ0) is 12.5. The molecule has 1 N–H and O–H groups in total. The molecular weight excluding hydrogens is 226 g/mol. The second-order valence-electron chi connectivity index (χ2n) is 4.86. The number of nitrogens with zero attached hydrogens (tertiary/aromatic N) is 4. The number of aromatic amines is 1. The number of hydrogen-bond acceptors (Lipinski definition) is 4. The molecule has 0 bridgehead atoms. The lowest BCUT2D eigenvalue weighted by molar-refractivity contribution is 0.732. The first-order valence-electron chi connectivity index (χ1n) is 6.28. The predicted molar refractivity (Wildman–Crippen MR) is 69.7 cm³/mol. The Bertz CT molecular complexity index is 548. The van der Waals surface area contributed by atoms with Crippen molar-refractivity contribution in [3.05, 3.63) is 35.5 Å². The summed E-state index contributed by atoms with van der Waals surface area (Å²) in [5, 5.41) is 7.23. The average molecular weight is 243 g/mol. The van der Waals surface area contributed by atoms with Crippen LogP contribution in [0, 0.1) is 13.8 Å². The van der Waals surface area contributed by atoms with E-state index in [1.807, 2.05) is 25.4 Å². The normalized spacial score (nSPS) is 19.4. The van der Waals surface area contributed by atoms with Crippen LogP contribution in [0.3, 0.4) is 0 Å². The van der Waals surface area contributed by atoms with Gasteiger partial charge in [0.15, 0.2) is 0 Å². The Kier molecular flexibility index (Phi) is 2.74. The largest absolute Gasteiger partial charge is 0.356 e. The number of anilines is 1. The Morgan fingerprint density at radius 2 is 2.28 bits per heavy atom. The predicted octanol–water partition coefficient (Wildman–Crippen LogP) is 1.81. The van der Waals surface area contributed by atoms with Crippen LogP contribution in [0.25, 0.3) is 0 Å². The molecule has 3 heterocycles. The second-order valence-corrected chi connectivity index (χ2v) is 4.86. The van der Waals surface area contributed by atoms with E-state index in [0.29, 0.717) is 5.92 Å². The molecule has 2 aromatic rings. The average Bonchev–Trinajstić information content (AvgIpc) is 2.97. The summed E-state index contributed by atoms with van der Waals surface area (Å²) in [6, 6.07) is 1.98. The number of nitrogens with one attached hydrogen (secondary N) is 1. The molecule has 1 atom stereocenters. The van der Waals surface area contributed by atoms with Gasteiger partial charge in [-0.2, -0.15) is 5.10 Å². The van der Waals surface area contributed by atoms with Crippen molar-refractivity contribution in [3.8, 4) is 0 Å². The van der Waals surface area contributed by atoms with Crippen molar-refractivity contribution >= 4 is 5.82 Å². The highest BCUT2D eigenvalue weighted by atomic mass is 15.2. The summed E-state index contributed by atoms with van der Waals surface area (Å²) in [5.74, 6) is 2.39. The summed E-state index contributed by atoms with van der Waals surface area (Å²) < 4.78 is 0. The van der Waals surface area contributed by atoms with Gasteiger partial charge in [0, 0.05) is 30.9 Å². The first kappa shape index (κ1) is 11.2. The van der Waals surface area contributed by atoms with E-state index in [0.717, 1.165) is 31.2 Å². The van der Waals surface area contributed by atoms with E-state index >= 15 is 0 Å². The van der Waals surface area contributed by atoms with E-state index in [9.17, 15) is 0 Å². The maximum absolute atomic E-state index is 4.48. The monoisotopic (exact) mass is 243 g/mol. The highest BCUT2D eigenvalue weighted by molar-refractivity contribution is 5.40. The second kappa shape index (κ2) is 4.40. The number of H-pyrrole nitrogens is 1. The zero-order valence-electron chi connectivity index (χ0n) is 10.7. The molecule has 3 rings (SSSR count). The van der Waals surface area contributed by atoms with E-state index in [1.165, 1.54) is 11.3 Å². The fourth-order valence-corrected chi connectivity index (χ4v) is 2.59. The van der Waals surface area contributed by atoms with E-state index in [1.54, 1.807) is 0 Å². The molecule has 0 unspecified atom stereocenters. The topological polar surface area (TPSA) is 57.7 Å². The molecule has 5 nitrogen and oxygen atoms in total. The standard InChI is InChI=1S/C13H17N5/c1-9-7-15-17-13(9)11-4-6-18(8-11)12-3-5-14-10(2)16-12/h3,5,7,11H,4,6,8H2,1-2H3,(H,15,17)/t11-/m0/s1. The van der Waals surface area contributed by atoms with Crippen molar-refractivity contribution in [2.75, 3.05) is 18.0 Å². The summed E-state index contributed by atoms with van der Waals surface area (Å²) in [6.45, 7) is 6.07. The van der Waals surface area contributed by atoms with Gasteiger partial charge in [0.05, 0.1) is 6.20 Å². The van der Waals surface area contributed by atoms with Gasteiger partial charge in [-0.25, -0.2) is 9.97 Å². The number of rotatable bonds is 2. The molecule has 5 heteroatoms. The van der Waals surface area contributed by atoms with Gasteiger partial charge < -0.3 is 4.90 Å². The smallest absolute Gasteiger partial charge is 0.132 e. The van der Waals surface area contributed by atoms with Crippen LogP contribution < -0.4 is 4.90 Å². The molecule has 0 radical (unpaired) electrons. The van der Waals surface area contributed by atoms with Crippen LogP contribution in [0.2, 0.25) is 0 Å². The molecular formula is C13H17N5. The van der Waals surface area contributed by atoms with Gasteiger partial charge in [-0.1, -0.05) is 0 Å². The van der Waals surface area contributed by atoms with Crippen LogP contribution in [-0.2, 0) is 0 Å². The lowest BCUT2D eigenvalue weighted by Crippen LogP contribution is -2.21. The van der Waals surface area contributed by atoms with Crippen molar-refractivity contribution in [2.24, 2.45) is 0 Å². The number of aromatic nitrogens is 4. The van der Waals surface area contributed by atoms with Crippen LogP contribution in [0.15, 0.2) is 18.5 Å². The van der Waals surface area contributed by atoms with Gasteiger partial charge >= 0.3 is 0 Å². The van der Waals surface area contributed by atoms with Gasteiger partial charge in [-0.15, -0.1) is 0 Å². The third-order valence-corrected chi connectivity index (χ3v) is 3.55. The van der Waals surface area contributed by atoms with E-state index in [2.05, 4.69) is 32.0 Å². The molecule has 18 heavy (non-hydrogen) atoms. The number of hydrogen-bond donors (Lipinski definition) is 1. The maximum atomic E-state index is 4.48. The summed E-state index contributed by atoms with van der Waals surface area (Å²) in [7, 11) is 0. The lowest BCUT2D eigenvalue weighted by Gasteiger charge is -2.17. The molecule has 1 fully saturated rings. The van der Waals surface area contributed by atoms with Crippen LogP contribution in [0.1, 0.15) is 29.4 Å². The van der Waals surface area contributed by atoms with Gasteiger partial charge in [0.1, 0.15) is 11.6 Å². The van der Waals surface area contributed by atoms with E-state index < -0.39 is 0 Å². The van der Waals surface area contributed by atoms with Crippen LogP contribution >= 0.6 is 0 Å². The van der Waals surface area contributed by atoms with Crippen molar-refractivity contribution in [3.63, 3.8) is 0 Å².